The smallest absolute Gasteiger partial charge is 0.262 e. The van der Waals surface area contributed by atoms with Gasteiger partial charge in [0.1, 0.15) is 0 Å². The van der Waals surface area contributed by atoms with Crippen molar-refractivity contribution in [1.82, 2.24) is 0 Å². The van der Waals surface area contributed by atoms with Gasteiger partial charge in [-0.2, -0.15) is 0 Å². The number of halogens is 3. The molecule has 0 fully saturated rings. The Morgan fingerprint density at radius 3 is 1.74 bits per heavy atom. The van der Waals surface area contributed by atoms with Crippen LogP contribution >= 0.6 is 34.8 Å². The third kappa shape index (κ3) is 5.28. The zero-order chi connectivity index (χ0) is 20.1. The van der Waals surface area contributed by atoms with Crippen LogP contribution < -0.4 is 15.4 Å². The number of benzene rings is 2. The molecule has 0 aliphatic rings. The fourth-order valence-electron chi connectivity index (χ4n) is 2.26. The van der Waals surface area contributed by atoms with Crippen LogP contribution in [0.2, 0.25) is 15.1 Å². The molecule has 0 aliphatic carbocycles. The number of carbonyl (C=O) groups excluding carboxylic acids is 2. The van der Waals surface area contributed by atoms with Crippen molar-refractivity contribution >= 4 is 58.0 Å². The Morgan fingerprint density at radius 2 is 1.30 bits per heavy atom. The summed E-state index contributed by atoms with van der Waals surface area (Å²) in [5.74, 6) is -0.231. The first-order valence-corrected chi connectivity index (χ1v) is 9.34. The molecule has 144 valence electrons. The molecule has 0 radical (unpaired) electrons. The molecule has 5 nitrogen and oxygen atoms in total. The molecule has 0 atom stereocenters. The second kappa shape index (κ2) is 9.31. The van der Waals surface area contributed by atoms with Gasteiger partial charge in [0, 0.05) is 22.8 Å². The maximum atomic E-state index is 12.1. The average Bonchev–Trinajstić information content (AvgIpc) is 2.66. The van der Waals surface area contributed by atoms with Gasteiger partial charge < -0.3 is 15.4 Å². The van der Waals surface area contributed by atoms with E-state index in [9.17, 15) is 9.59 Å². The third-order valence-electron chi connectivity index (χ3n) is 3.84. The molecule has 2 amide bonds. The minimum Gasteiger partial charge on any atom is -0.481 e. The monoisotopic (exact) mass is 428 g/mol. The SMILES string of the molecule is CCC(=O)Nc1ccc(NC(=O)COc2c(Cl)c(C)c(Cl)c(C)c2Cl)cc1. The second-order valence-electron chi connectivity index (χ2n) is 5.84. The number of hydrogen-bond acceptors (Lipinski definition) is 3. The highest BCUT2D eigenvalue weighted by Crippen LogP contribution is 2.42. The van der Waals surface area contributed by atoms with Crippen molar-refractivity contribution in [2.24, 2.45) is 0 Å². The predicted molar refractivity (Wildman–Crippen MR) is 110 cm³/mol. The molecule has 27 heavy (non-hydrogen) atoms. The van der Waals surface area contributed by atoms with Crippen LogP contribution in [0.15, 0.2) is 24.3 Å². The lowest BCUT2D eigenvalue weighted by molar-refractivity contribution is -0.118. The number of nitrogens with one attached hydrogen (secondary N) is 2. The van der Waals surface area contributed by atoms with Crippen molar-refractivity contribution in [3.8, 4) is 5.75 Å². The van der Waals surface area contributed by atoms with Crippen molar-refractivity contribution in [2.45, 2.75) is 27.2 Å². The number of carbonyl (C=O) groups is 2. The summed E-state index contributed by atoms with van der Waals surface area (Å²) in [4.78, 5) is 23.5. The topological polar surface area (TPSA) is 67.4 Å². The van der Waals surface area contributed by atoms with Crippen molar-refractivity contribution < 1.29 is 14.3 Å². The lowest BCUT2D eigenvalue weighted by Crippen LogP contribution is -2.20. The van der Waals surface area contributed by atoms with Gasteiger partial charge in [0.25, 0.3) is 5.91 Å². The van der Waals surface area contributed by atoms with Crippen molar-refractivity contribution in [1.29, 1.82) is 0 Å². The van der Waals surface area contributed by atoms with Crippen LogP contribution in [0.4, 0.5) is 11.4 Å². The summed E-state index contributed by atoms with van der Waals surface area (Å²) >= 11 is 18.6. The summed E-state index contributed by atoms with van der Waals surface area (Å²) in [5.41, 5.74) is 2.50. The molecule has 0 aromatic heterocycles. The normalized spacial score (nSPS) is 10.4. The fourth-order valence-corrected chi connectivity index (χ4v) is 3.08. The van der Waals surface area contributed by atoms with E-state index in [-0.39, 0.29) is 34.2 Å². The first-order valence-electron chi connectivity index (χ1n) is 8.20. The Morgan fingerprint density at radius 1 is 0.852 bits per heavy atom. The van der Waals surface area contributed by atoms with Crippen molar-refractivity contribution in [3.63, 3.8) is 0 Å². The number of ether oxygens (including phenoxy) is 1. The van der Waals surface area contributed by atoms with Gasteiger partial charge in [-0.1, -0.05) is 41.7 Å². The van der Waals surface area contributed by atoms with Gasteiger partial charge in [-0.25, -0.2) is 0 Å². The van der Waals surface area contributed by atoms with Gasteiger partial charge in [0.2, 0.25) is 5.91 Å². The molecule has 2 aromatic rings. The summed E-state index contributed by atoms with van der Waals surface area (Å²) in [6.45, 7) is 5.00. The Labute approximate surface area is 172 Å². The summed E-state index contributed by atoms with van der Waals surface area (Å²) in [6.07, 6.45) is 0.393. The summed E-state index contributed by atoms with van der Waals surface area (Å²) in [7, 11) is 0. The van der Waals surface area contributed by atoms with Crippen molar-refractivity contribution in [2.75, 3.05) is 17.2 Å². The first kappa shape index (κ1) is 21.4. The van der Waals surface area contributed by atoms with Crippen LogP contribution in [0.25, 0.3) is 0 Å². The lowest BCUT2D eigenvalue weighted by Gasteiger charge is -2.15. The molecule has 2 rings (SSSR count). The highest BCUT2D eigenvalue weighted by molar-refractivity contribution is 6.42. The average molecular weight is 430 g/mol. The van der Waals surface area contributed by atoms with Crippen LogP contribution in [0.3, 0.4) is 0 Å². The zero-order valence-electron chi connectivity index (χ0n) is 15.1. The molecule has 0 saturated heterocycles. The maximum Gasteiger partial charge on any atom is 0.262 e. The molecule has 0 saturated carbocycles. The molecule has 0 spiro atoms. The molecule has 2 N–H and O–H groups in total. The Balaban J connectivity index is 2.00. The van der Waals surface area contributed by atoms with Crippen LogP contribution in [0.1, 0.15) is 24.5 Å². The molecular formula is C19H19Cl3N2O3. The summed E-state index contributed by atoms with van der Waals surface area (Å²) in [5, 5.41) is 6.45. The van der Waals surface area contributed by atoms with E-state index in [1.807, 2.05) is 0 Å². The largest absolute Gasteiger partial charge is 0.481 e. The van der Waals surface area contributed by atoms with E-state index in [0.717, 1.165) is 0 Å². The van der Waals surface area contributed by atoms with Gasteiger partial charge in [0.05, 0.1) is 10.0 Å². The second-order valence-corrected chi connectivity index (χ2v) is 6.97. The first-order chi connectivity index (χ1) is 12.7. The van der Waals surface area contributed by atoms with Gasteiger partial charge in [-0.3, -0.25) is 9.59 Å². The molecule has 0 heterocycles. The van der Waals surface area contributed by atoms with Gasteiger partial charge in [-0.05, 0) is 49.2 Å². The van der Waals surface area contributed by atoms with Gasteiger partial charge in [0.15, 0.2) is 12.4 Å². The molecule has 0 unspecified atom stereocenters. The highest BCUT2D eigenvalue weighted by Gasteiger charge is 2.18. The number of hydrogen-bond donors (Lipinski definition) is 2. The Hall–Kier alpha value is -1.95. The van der Waals surface area contributed by atoms with E-state index in [2.05, 4.69) is 10.6 Å². The van der Waals surface area contributed by atoms with E-state index in [4.69, 9.17) is 39.5 Å². The van der Waals surface area contributed by atoms with E-state index < -0.39 is 0 Å². The van der Waals surface area contributed by atoms with E-state index >= 15 is 0 Å². The standard InChI is InChI=1S/C19H19Cl3N2O3/c1-4-14(25)23-12-5-7-13(8-6-12)24-15(26)9-27-19-17(21)10(2)16(20)11(3)18(19)22/h5-8H,4,9H2,1-3H3,(H,23,25)(H,24,26). The quantitative estimate of drug-likeness (QED) is 0.625. The number of anilines is 2. The lowest BCUT2D eigenvalue weighted by atomic mass is 10.1. The van der Waals surface area contributed by atoms with Crippen LogP contribution in [0, 0.1) is 13.8 Å². The summed E-state index contributed by atoms with van der Waals surface area (Å²) < 4.78 is 5.52. The molecule has 2 aromatic carbocycles. The van der Waals surface area contributed by atoms with E-state index in [1.54, 1.807) is 45.0 Å². The molecule has 8 heteroatoms. The number of amides is 2. The van der Waals surface area contributed by atoms with Crippen LogP contribution in [-0.4, -0.2) is 18.4 Å². The molecule has 0 aliphatic heterocycles. The van der Waals surface area contributed by atoms with E-state index in [0.29, 0.717) is 33.9 Å². The van der Waals surface area contributed by atoms with Crippen LogP contribution in [-0.2, 0) is 9.59 Å². The molecular weight excluding hydrogens is 411 g/mol. The Bertz CT molecular complexity index is 838. The summed E-state index contributed by atoms with van der Waals surface area (Å²) in [6, 6.07) is 6.76. The van der Waals surface area contributed by atoms with Gasteiger partial charge >= 0.3 is 0 Å². The Kier molecular flexibility index (Phi) is 7.36. The minimum absolute atomic E-state index is 0.0810. The number of rotatable bonds is 6. The van der Waals surface area contributed by atoms with Crippen LogP contribution in [0.5, 0.6) is 5.75 Å². The van der Waals surface area contributed by atoms with Crippen molar-refractivity contribution in [3.05, 3.63) is 50.5 Å². The van der Waals surface area contributed by atoms with Gasteiger partial charge in [-0.15, -0.1) is 0 Å². The fraction of sp³-hybridized carbons (Fsp3) is 0.263. The van der Waals surface area contributed by atoms with E-state index in [1.165, 1.54) is 0 Å². The zero-order valence-corrected chi connectivity index (χ0v) is 17.4. The minimum atomic E-state index is -0.377. The highest BCUT2D eigenvalue weighted by atomic mass is 35.5. The predicted octanol–water partition coefficient (Wildman–Crippen LogP) is 5.63. The molecule has 0 bridgehead atoms. The third-order valence-corrected chi connectivity index (χ3v) is 5.31. The maximum absolute atomic E-state index is 12.1.